The van der Waals surface area contributed by atoms with Crippen molar-refractivity contribution in [3.63, 3.8) is 0 Å². The molecule has 2 saturated heterocycles. The van der Waals surface area contributed by atoms with Crippen LogP contribution in [0.25, 0.3) is 0 Å². The lowest BCUT2D eigenvalue weighted by Crippen LogP contribution is -2.66. The van der Waals surface area contributed by atoms with E-state index in [1.54, 1.807) is 6.20 Å². The van der Waals surface area contributed by atoms with Gasteiger partial charge in [-0.25, -0.2) is 13.8 Å². The number of esters is 1. The van der Waals surface area contributed by atoms with Crippen LogP contribution in [0.4, 0.5) is 13.6 Å². The number of hydrogen-bond acceptors (Lipinski definition) is 7. The highest BCUT2D eigenvalue weighted by atomic mass is 32.1. The number of carbonyl (C=O) groups is 2. The van der Waals surface area contributed by atoms with Gasteiger partial charge in [0.15, 0.2) is 11.0 Å². The Bertz CT molecular complexity index is 801. The monoisotopic (exact) mass is 460 g/mol. The van der Waals surface area contributed by atoms with Gasteiger partial charge in [0.25, 0.3) is 5.92 Å². The summed E-state index contributed by atoms with van der Waals surface area (Å²) in [6.45, 7) is 6.19. The normalized spacial score (nSPS) is 26.6. The fraction of sp³-hybridized carbons (Fsp3) is 0.762. The number of ether oxygens (including phenoxy) is 2. The molecule has 0 bridgehead atoms. The summed E-state index contributed by atoms with van der Waals surface area (Å²) < 4.78 is 38.1. The van der Waals surface area contributed by atoms with Crippen LogP contribution < -0.4 is 0 Å². The number of nitrogens with zero attached hydrogens (tertiary/aromatic N) is 3. The van der Waals surface area contributed by atoms with Gasteiger partial charge in [-0.1, -0.05) is 0 Å². The predicted octanol–water partition coefficient (Wildman–Crippen LogP) is 4.48. The average Bonchev–Trinajstić information content (AvgIpc) is 3.32. The van der Waals surface area contributed by atoms with E-state index in [0.29, 0.717) is 13.0 Å². The second-order valence-corrected chi connectivity index (χ2v) is 10.4. The van der Waals surface area contributed by atoms with Crippen molar-refractivity contribution in [2.45, 2.75) is 76.9 Å². The molecule has 3 heterocycles. The number of aromatic nitrogens is 1. The first kappa shape index (κ1) is 24.0. The Morgan fingerprint density at radius 1 is 1.32 bits per heavy atom. The third-order valence-electron chi connectivity index (χ3n) is 5.84. The number of quaternary nitrogens is 1. The molecule has 1 amide bonds. The molecular formula is C21H32F2N3O4S+. The largest absolute Gasteiger partial charge is 0.537 e. The Labute approximate surface area is 185 Å². The standard InChI is InChI=1S/C21H32F2N3O4S/c1-20(2,3)30-19(28)26(25-11-9-21(22,23)10-12-25)13-5-6-16(26)18-24-14-15(31-18)7-8-17(27)29-4/h14,16H,5-13H2,1-4H3/q+1/t16-,26?/m0/s1. The van der Waals surface area contributed by atoms with Crippen molar-refractivity contribution in [3.8, 4) is 0 Å². The van der Waals surface area contributed by atoms with Gasteiger partial charge in [0, 0.05) is 36.8 Å². The fourth-order valence-electron chi connectivity index (χ4n) is 4.31. The quantitative estimate of drug-likeness (QED) is 0.477. The van der Waals surface area contributed by atoms with Crippen LogP contribution in [-0.4, -0.2) is 64.9 Å². The summed E-state index contributed by atoms with van der Waals surface area (Å²) in [5, 5.41) is 2.64. The summed E-state index contributed by atoms with van der Waals surface area (Å²) >= 11 is 1.47. The molecule has 0 saturated carbocycles. The molecular weight excluding hydrogens is 428 g/mol. The van der Waals surface area contributed by atoms with E-state index in [1.165, 1.54) is 18.4 Å². The van der Waals surface area contributed by atoms with Crippen LogP contribution in [0, 0.1) is 0 Å². The third kappa shape index (κ3) is 5.40. The van der Waals surface area contributed by atoms with Crippen LogP contribution in [0.15, 0.2) is 6.20 Å². The van der Waals surface area contributed by atoms with Gasteiger partial charge in [0.1, 0.15) is 12.1 Å². The van der Waals surface area contributed by atoms with Crippen molar-refractivity contribution >= 4 is 23.4 Å². The molecule has 0 radical (unpaired) electrons. The maximum absolute atomic E-state index is 13.9. The van der Waals surface area contributed by atoms with Gasteiger partial charge in [0.05, 0.1) is 26.6 Å². The maximum atomic E-state index is 13.9. The molecule has 0 aliphatic carbocycles. The molecule has 174 valence electrons. The number of halogens is 2. The zero-order valence-corrected chi connectivity index (χ0v) is 19.5. The first-order chi connectivity index (χ1) is 14.5. The summed E-state index contributed by atoms with van der Waals surface area (Å²) in [6, 6.07) is -0.279. The van der Waals surface area contributed by atoms with Crippen LogP contribution >= 0.6 is 11.3 Å². The zero-order valence-electron chi connectivity index (χ0n) is 18.7. The number of piperidine rings is 1. The summed E-state index contributed by atoms with van der Waals surface area (Å²) in [7, 11) is 1.35. The smallest absolute Gasteiger partial charge is 0.469 e. The van der Waals surface area contributed by atoms with E-state index in [1.807, 2.05) is 25.8 Å². The summed E-state index contributed by atoms with van der Waals surface area (Å²) in [5.74, 6) is -2.99. The Morgan fingerprint density at radius 2 is 2.00 bits per heavy atom. The second-order valence-electron chi connectivity index (χ2n) is 9.24. The highest BCUT2D eigenvalue weighted by Crippen LogP contribution is 2.46. The molecule has 1 unspecified atom stereocenters. The lowest BCUT2D eigenvalue weighted by atomic mass is 10.1. The molecule has 0 spiro atoms. The van der Waals surface area contributed by atoms with Gasteiger partial charge >= 0.3 is 12.1 Å². The molecule has 2 aliphatic heterocycles. The number of thiazole rings is 1. The van der Waals surface area contributed by atoms with Crippen LogP contribution in [0.5, 0.6) is 0 Å². The van der Waals surface area contributed by atoms with Gasteiger partial charge in [-0.2, -0.15) is 4.79 Å². The number of alkyl halides is 2. The van der Waals surface area contributed by atoms with Gasteiger partial charge in [-0.15, -0.1) is 20.9 Å². The highest BCUT2D eigenvalue weighted by molar-refractivity contribution is 7.11. The van der Waals surface area contributed by atoms with E-state index in [2.05, 4.69) is 4.98 Å². The van der Waals surface area contributed by atoms with Crippen molar-refractivity contribution in [1.29, 1.82) is 0 Å². The van der Waals surface area contributed by atoms with Crippen molar-refractivity contribution in [3.05, 3.63) is 16.1 Å². The Kier molecular flexibility index (Phi) is 7.02. The predicted molar refractivity (Wildman–Crippen MR) is 112 cm³/mol. The number of carbonyl (C=O) groups excluding carboxylic acids is 2. The highest BCUT2D eigenvalue weighted by Gasteiger charge is 2.59. The van der Waals surface area contributed by atoms with E-state index in [4.69, 9.17) is 9.47 Å². The van der Waals surface area contributed by atoms with Crippen LogP contribution in [0.2, 0.25) is 0 Å². The number of aryl methyl sites for hydroxylation is 1. The van der Waals surface area contributed by atoms with E-state index < -0.39 is 17.6 Å². The Balaban J connectivity index is 1.89. The third-order valence-corrected chi connectivity index (χ3v) is 7.00. The molecule has 2 aliphatic rings. The Morgan fingerprint density at radius 3 is 2.61 bits per heavy atom. The van der Waals surface area contributed by atoms with Gasteiger partial charge in [-0.05, 0) is 27.2 Å². The van der Waals surface area contributed by atoms with Crippen molar-refractivity contribution < 1.29 is 32.4 Å². The molecule has 10 heteroatoms. The van der Waals surface area contributed by atoms with E-state index in [-0.39, 0.29) is 49.0 Å². The van der Waals surface area contributed by atoms with Gasteiger partial charge < -0.3 is 9.47 Å². The number of hydrogen-bond donors (Lipinski definition) is 0. The second kappa shape index (κ2) is 9.07. The molecule has 7 nitrogen and oxygen atoms in total. The minimum Gasteiger partial charge on any atom is -0.469 e. The topological polar surface area (TPSA) is 68.7 Å². The minimum atomic E-state index is -2.70. The SMILES string of the molecule is COC(=O)CCc1cnc([C@@H]2CCC[N+]2(C(=O)OC(C)(C)C)N2CCC(F)(F)CC2)s1. The number of amides is 1. The Hall–Kier alpha value is -1.65. The number of likely N-dealkylation sites (tertiary alicyclic amines) is 1. The molecule has 2 atom stereocenters. The molecule has 1 aromatic rings. The first-order valence-corrected chi connectivity index (χ1v) is 11.5. The van der Waals surface area contributed by atoms with Crippen LogP contribution in [0.1, 0.15) is 68.8 Å². The average molecular weight is 461 g/mol. The van der Waals surface area contributed by atoms with E-state index >= 15 is 0 Å². The lowest BCUT2D eigenvalue weighted by Gasteiger charge is -2.46. The van der Waals surface area contributed by atoms with Gasteiger partial charge in [0.2, 0.25) is 0 Å². The first-order valence-electron chi connectivity index (χ1n) is 10.7. The lowest BCUT2D eigenvalue weighted by molar-refractivity contribution is -0.989. The van der Waals surface area contributed by atoms with Crippen LogP contribution in [-0.2, 0) is 20.7 Å². The molecule has 0 aromatic carbocycles. The van der Waals surface area contributed by atoms with Crippen molar-refractivity contribution in [2.24, 2.45) is 0 Å². The van der Waals surface area contributed by atoms with E-state index in [9.17, 15) is 18.4 Å². The minimum absolute atomic E-state index is 0.114. The van der Waals surface area contributed by atoms with Crippen molar-refractivity contribution in [1.82, 2.24) is 9.99 Å². The number of rotatable bonds is 5. The number of methoxy groups -OCH3 is 1. The molecule has 3 rings (SSSR count). The molecule has 1 aromatic heterocycles. The summed E-state index contributed by atoms with van der Waals surface area (Å²) in [5.41, 5.74) is -0.691. The molecule has 2 fully saturated rings. The van der Waals surface area contributed by atoms with Crippen LogP contribution in [0.3, 0.4) is 0 Å². The maximum Gasteiger partial charge on any atom is 0.537 e. The van der Waals surface area contributed by atoms with E-state index in [0.717, 1.165) is 22.7 Å². The fourth-order valence-corrected chi connectivity index (χ4v) is 5.43. The zero-order chi connectivity index (χ0) is 22.9. The molecule has 0 N–H and O–H groups in total. The van der Waals surface area contributed by atoms with Crippen molar-refractivity contribution in [2.75, 3.05) is 26.7 Å². The summed E-state index contributed by atoms with van der Waals surface area (Å²) in [4.78, 5) is 30.5. The molecule has 31 heavy (non-hydrogen) atoms. The van der Waals surface area contributed by atoms with Gasteiger partial charge in [-0.3, -0.25) is 4.79 Å². The summed E-state index contributed by atoms with van der Waals surface area (Å²) in [6.07, 6.45) is 3.04.